The van der Waals surface area contributed by atoms with Crippen molar-refractivity contribution in [2.24, 2.45) is 0 Å². The quantitative estimate of drug-likeness (QED) is 0.632. The Hall–Kier alpha value is -1.47. The first-order chi connectivity index (χ1) is 7.96. The molecule has 0 radical (unpaired) electrons. The lowest BCUT2D eigenvalue weighted by Gasteiger charge is -2.04. The maximum atomic E-state index is 11.6. The fourth-order valence-electron chi connectivity index (χ4n) is 1.43. The third kappa shape index (κ3) is 3.50. The maximum absolute atomic E-state index is 11.6. The van der Waals surface area contributed by atoms with Crippen molar-refractivity contribution in [2.75, 3.05) is 0 Å². The molecule has 0 aliphatic heterocycles. The van der Waals surface area contributed by atoms with Crippen molar-refractivity contribution in [3.05, 3.63) is 39.9 Å². The molecular formula is C10H12N2O4S. The molecule has 0 aromatic heterocycles. The molecule has 92 valence electrons. The SMILES string of the molecule is O=[N+]([O-])c1ccc(CS(=O)(=O)NC2CC2)cc1. The lowest BCUT2D eigenvalue weighted by Crippen LogP contribution is -2.27. The minimum absolute atomic E-state index is 0.0405. The van der Waals surface area contributed by atoms with Crippen LogP contribution in [0.4, 0.5) is 5.69 Å². The van der Waals surface area contributed by atoms with Crippen molar-refractivity contribution in [2.45, 2.75) is 24.6 Å². The third-order valence-corrected chi connectivity index (χ3v) is 3.83. The molecule has 0 spiro atoms. The highest BCUT2D eigenvalue weighted by molar-refractivity contribution is 7.88. The van der Waals surface area contributed by atoms with Crippen LogP contribution in [0.3, 0.4) is 0 Å². The van der Waals surface area contributed by atoms with E-state index >= 15 is 0 Å². The van der Waals surface area contributed by atoms with Crippen molar-refractivity contribution >= 4 is 15.7 Å². The first-order valence-electron chi connectivity index (χ1n) is 5.19. The summed E-state index contributed by atoms with van der Waals surface area (Å²) in [6, 6.07) is 5.62. The van der Waals surface area contributed by atoms with E-state index in [4.69, 9.17) is 0 Å². The zero-order valence-corrected chi connectivity index (χ0v) is 9.81. The molecule has 1 saturated carbocycles. The predicted molar refractivity (Wildman–Crippen MR) is 61.9 cm³/mol. The van der Waals surface area contributed by atoms with E-state index in [1.54, 1.807) is 0 Å². The van der Waals surface area contributed by atoms with Crippen LogP contribution in [-0.2, 0) is 15.8 Å². The van der Waals surface area contributed by atoms with Crippen LogP contribution in [0.25, 0.3) is 0 Å². The van der Waals surface area contributed by atoms with Gasteiger partial charge in [-0.25, -0.2) is 13.1 Å². The van der Waals surface area contributed by atoms with E-state index in [2.05, 4.69) is 4.72 Å². The summed E-state index contributed by atoms with van der Waals surface area (Å²) in [4.78, 5) is 9.91. The van der Waals surface area contributed by atoms with Gasteiger partial charge in [-0.1, -0.05) is 12.1 Å². The first-order valence-corrected chi connectivity index (χ1v) is 6.85. The van der Waals surface area contributed by atoms with Crippen molar-refractivity contribution in [3.8, 4) is 0 Å². The van der Waals surface area contributed by atoms with E-state index in [0.29, 0.717) is 5.56 Å². The van der Waals surface area contributed by atoms with Gasteiger partial charge < -0.3 is 0 Å². The second-order valence-corrected chi connectivity index (χ2v) is 5.83. The molecule has 17 heavy (non-hydrogen) atoms. The molecule has 0 unspecified atom stereocenters. The molecule has 1 aromatic carbocycles. The number of nitrogens with zero attached hydrogens (tertiary/aromatic N) is 1. The maximum Gasteiger partial charge on any atom is 0.269 e. The molecule has 0 saturated heterocycles. The highest BCUT2D eigenvalue weighted by Crippen LogP contribution is 2.21. The Morgan fingerprint density at radius 1 is 1.29 bits per heavy atom. The zero-order valence-electron chi connectivity index (χ0n) is 9.00. The van der Waals surface area contributed by atoms with Gasteiger partial charge in [0.25, 0.3) is 5.69 Å². The summed E-state index contributed by atoms with van der Waals surface area (Å²) in [5.74, 6) is -0.137. The van der Waals surface area contributed by atoms with Gasteiger partial charge in [-0.2, -0.15) is 0 Å². The van der Waals surface area contributed by atoms with Gasteiger partial charge in [-0.15, -0.1) is 0 Å². The summed E-state index contributed by atoms with van der Waals surface area (Å²) in [6.07, 6.45) is 1.78. The van der Waals surface area contributed by atoms with Crippen LogP contribution in [0.1, 0.15) is 18.4 Å². The normalized spacial score (nSPS) is 15.8. The van der Waals surface area contributed by atoms with Crippen LogP contribution in [0, 0.1) is 10.1 Å². The minimum atomic E-state index is -3.32. The molecule has 2 rings (SSSR count). The second kappa shape index (κ2) is 4.42. The standard InChI is InChI=1S/C10H12N2O4S/c13-12(14)10-5-1-8(2-6-10)7-17(15,16)11-9-3-4-9/h1-2,5-6,9,11H,3-4,7H2. The Morgan fingerprint density at radius 3 is 2.35 bits per heavy atom. The molecule has 0 bridgehead atoms. The van der Waals surface area contributed by atoms with E-state index < -0.39 is 14.9 Å². The lowest BCUT2D eigenvalue weighted by molar-refractivity contribution is -0.384. The molecule has 1 aliphatic carbocycles. The average Bonchev–Trinajstić information content (AvgIpc) is 3.00. The molecule has 1 N–H and O–H groups in total. The lowest BCUT2D eigenvalue weighted by atomic mass is 10.2. The van der Waals surface area contributed by atoms with E-state index in [-0.39, 0.29) is 17.5 Å². The van der Waals surface area contributed by atoms with E-state index in [1.165, 1.54) is 24.3 Å². The molecule has 6 nitrogen and oxygen atoms in total. The molecule has 1 fully saturated rings. The number of nitro groups is 1. The summed E-state index contributed by atoms with van der Waals surface area (Å²) in [6.45, 7) is 0. The molecule has 0 amide bonds. The number of nitro benzene ring substituents is 1. The van der Waals surface area contributed by atoms with Gasteiger partial charge in [-0.05, 0) is 18.4 Å². The molecule has 1 aliphatic rings. The van der Waals surface area contributed by atoms with Crippen LogP contribution < -0.4 is 4.72 Å². The van der Waals surface area contributed by atoms with Gasteiger partial charge in [-0.3, -0.25) is 10.1 Å². The van der Waals surface area contributed by atoms with Gasteiger partial charge in [0.15, 0.2) is 0 Å². The van der Waals surface area contributed by atoms with Crippen LogP contribution in [-0.4, -0.2) is 19.4 Å². The van der Waals surface area contributed by atoms with E-state index in [0.717, 1.165) is 12.8 Å². The Bertz CT molecular complexity index is 520. The molecule has 1 aromatic rings. The molecular weight excluding hydrogens is 244 g/mol. The van der Waals surface area contributed by atoms with Crippen molar-refractivity contribution in [3.63, 3.8) is 0 Å². The van der Waals surface area contributed by atoms with E-state index in [9.17, 15) is 18.5 Å². The Balaban J connectivity index is 2.05. The minimum Gasteiger partial charge on any atom is -0.258 e. The van der Waals surface area contributed by atoms with Crippen molar-refractivity contribution in [1.29, 1.82) is 0 Å². The zero-order chi connectivity index (χ0) is 12.5. The van der Waals surface area contributed by atoms with Crippen molar-refractivity contribution in [1.82, 2.24) is 4.72 Å². The molecule has 0 atom stereocenters. The number of non-ortho nitro benzene ring substituents is 1. The Morgan fingerprint density at radius 2 is 1.88 bits per heavy atom. The molecule has 0 heterocycles. The summed E-state index contributed by atoms with van der Waals surface area (Å²) >= 11 is 0. The average molecular weight is 256 g/mol. The number of benzene rings is 1. The summed E-state index contributed by atoms with van der Waals surface area (Å²) in [7, 11) is -3.32. The summed E-state index contributed by atoms with van der Waals surface area (Å²) < 4.78 is 25.8. The number of hydrogen-bond donors (Lipinski definition) is 1. The fourth-order valence-corrected chi connectivity index (χ4v) is 2.89. The number of sulfonamides is 1. The van der Waals surface area contributed by atoms with E-state index in [1.807, 2.05) is 0 Å². The highest BCUT2D eigenvalue weighted by Gasteiger charge is 2.26. The van der Waals surface area contributed by atoms with Gasteiger partial charge in [0.2, 0.25) is 10.0 Å². The smallest absolute Gasteiger partial charge is 0.258 e. The monoisotopic (exact) mass is 256 g/mol. The van der Waals surface area contributed by atoms with Crippen molar-refractivity contribution < 1.29 is 13.3 Å². The molecule has 7 heteroatoms. The topological polar surface area (TPSA) is 89.3 Å². The van der Waals surface area contributed by atoms with Gasteiger partial charge in [0, 0.05) is 18.2 Å². The fraction of sp³-hybridized carbons (Fsp3) is 0.400. The predicted octanol–water partition coefficient (Wildman–Crippen LogP) is 1.18. The Labute approximate surface area is 98.8 Å². The number of hydrogen-bond acceptors (Lipinski definition) is 4. The highest BCUT2D eigenvalue weighted by atomic mass is 32.2. The van der Waals surface area contributed by atoms with Crippen LogP contribution in [0.2, 0.25) is 0 Å². The largest absolute Gasteiger partial charge is 0.269 e. The van der Waals surface area contributed by atoms with Gasteiger partial charge >= 0.3 is 0 Å². The Kier molecular flexibility index (Phi) is 3.12. The van der Waals surface area contributed by atoms with Crippen LogP contribution in [0.15, 0.2) is 24.3 Å². The van der Waals surface area contributed by atoms with Crippen LogP contribution in [0.5, 0.6) is 0 Å². The number of rotatable bonds is 5. The summed E-state index contributed by atoms with van der Waals surface area (Å²) in [5.41, 5.74) is 0.505. The first kappa shape index (κ1) is 12.0. The third-order valence-electron chi connectivity index (χ3n) is 2.43. The number of nitrogens with one attached hydrogen (secondary N) is 1. The second-order valence-electron chi connectivity index (χ2n) is 4.07. The van der Waals surface area contributed by atoms with Gasteiger partial charge in [0.05, 0.1) is 10.7 Å². The van der Waals surface area contributed by atoms with Crippen LogP contribution >= 0.6 is 0 Å². The summed E-state index contributed by atoms with van der Waals surface area (Å²) in [5, 5.41) is 10.4. The van der Waals surface area contributed by atoms with Gasteiger partial charge in [0.1, 0.15) is 0 Å².